The second-order valence-corrected chi connectivity index (χ2v) is 8.10. The summed E-state index contributed by atoms with van der Waals surface area (Å²) in [4.78, 5) is 11.7. The first-order chi connectivity index (χ1) is 9.77. The molecule has 0 saturated carbocycles. The first-order valence-corrected chi connectivity index (χ1v) is 8.99. The summed E-state index contributed by atoms with van der Waals surface area (Å²) < 4.78 is 27.8. The number of hydrogen-bond acceptors (Lipinski definition) is 4. The second-order valence-electron chi connectivity index (χ2n) is 4.65. The predicted octanol–water partition coefficient (Wildman–Crippen LogP) is 2.33. The molecule has 1 aliphatic rings. The van der Waals surface area contributed by atoms with E-state index in [0.717, 1.165) is 0 Å². The van der Waals surface area contributed by atoms with Crippen molar-refractivity contribution in [3.63, 3.8) is 0 Å². The molecule has 0 bridgehead atoms. The minimum atomic E-state index is -3.03. The van der Waals surface area contributed by atoms with E-state index in [1.54, 1.807) is 0 Å². The molecule has 2 rings (SSSR count). The van der Waals surface area contributed by atoms with E-state index in [4.69, 9.17) is 39.5 Å². The van der Waals surface area contributed by atoms with Gasteiger partial charge >= 0.3 is 0 Å². The number of nitrogens with one attached hydrogen (secondary N) is 1. The summed E-state index contributed by atoms with van der Waals surface area (Å²) in [5, 5.41) is 3.39. The summed E-state index contributed by atoms with van der Waals surface area (Å²) in [6, 6.07) is 2.47. The van der Waals surface area contributed by atoms with E-state index in [0.29, 0.717) is 6.42 Å². The van der Waals surface area contributed by atoms with Crippen LogP contribution in [0.15, 0.2) is 12.1 Å². The van der Waals surface area contributed by atoms with E-state index < -0.39 is 15.7 Å². The lowest BCUT2D eigenvalue weighted by Gasteiger charge is -2.12. The van der Waals surface area contributed by atoms with E-state index in [9.17, 15) is 13.2 Å². The molecule has 1 aliphatic heterocycles. The lowest BCUT2D eigenvalue weighted by Crippen LogP contribution is -2.38. The highest BCUT2D eigenvalue weighted by atomic mass is 35.5. The number of halogens is 3. The molecule has 1 N–H and O–H groups in total. The van der Waals surface area contributed by atoms with Crippen molar-refractivity contribution in [2.75, 3.05) is 18.1 Å². The highest BCUT2D eigenvalue weighted by molar-refractivity contribution is 7.91. The van der Waals surface area contributed by atoms with Gasteiger partial charge in [0.2, 0.25) is 0 Å². The van der Waals surface area contributed by atoms with E-state index >= 15 is 0 Å². The standard InChI is InChI=1S/C12H12Cl3NO4S/c13-8-3-10(15)11(4-9(8)14)20-5-12(17)16-7-1-2-21(18,19)6-7/h3-4,7H,1-2,5-6H2,(H,16,17)/t7-/m1/s1. The summed E-state index contributed by atoms with van der Waals surface area (Å²) in [7, 11) is -3.03. The molecule has 116 valence electrons. The van der Waals surface area contributed by atoms with Crippen LogP contribution in [0.4, 0.5) is 0 Å². The maximum atomic E-state index is 11.7. The van der Waals surface area contributed by atoms with Gasteiger partial charge in [-0.25, -0.2) is 8.42 Å². The van der Waals surface area contributed by atoms with Crippen molar-refractivity contribution in [3.05, 3.63) is 27.2 Å². The Bertz CT molecular complexity index is 663. The zero-order valence-electron chi connectivity index (χ0n) is 10.7. The minimum Gasteiger partial charge on any atom is -0.482 e. The van der Waals surface area contributed by atoms with Crippen molar-refractivity contribution in [3.8, 4) is 5.75 Å². The van der Waals surface area contributed by atoms with Crippen LogP contribution in [0.25, 0.3) is 0 Å². The average Bonchev–Trinajstić information content (AvgIpc) is 2.71. The van der Waals surface area contributed by atoms with Crippen LogP contribution in [0.1, 0.15) is 6.42 Å². The lowest BCUT2D eigenvalue weighted by atomic mass is 10.2. The minimum absolute atomic E-state index is 0.0354. The van der Waals surface area contributed by atoms with E-state index in [1.165, 1.54) is 12.1 Å². The second kappa shape index (κ2) is 6.60. The van der Waals surface area contributed by atoms with Crippen LogP contribution < -0.4 is 10.1 Å². The summed E-state index contributed by atoms with van der Waals surface area (Å²) in [5.74, 6) is -0.122. The number of benzene rings is 1. The maximum absolute atomic E-state index is 11.7. The largest absolute Gasteiger partial charge is 0.482 e. The van der Waals surface area contributed by atoms with Crippen LogP contribution in [0.3, 0.4) is 0 Å². The third-order valence-electron chi connectivity index (χ3n) is 2.93. The van der Waals surface area contributed by atoms with E-state index in [-0.39, 0.29) is 45.0 Å². The molecule has 21 heavy (non-hydrogen) atoms. The Labute approximate surface area is 137 Å². The van der Waals surface area contributed by atoms with Gasteiger partial charge in [0.05, 0.1) is 26.6 Å². The number of carbonyl (C=O) groups is 1. The van der Waals surface area contributed by atoms with E-state index in [1.807, 2.05) is 0 Å². The van der Waals surface area contributed by atoms with Crippen LogP contribution in [0, 0.1) is 0 Å². The first kappa shape index (κ1) is 16.7. The van der Waals surface area contributed by atoms with Gasteiger partial charge in [0.25, 0.3) is 5.91 Å². The van der Waals surface area contributed by atoms with Gasteiger partial charge in [-0.3, -0.25) is 4.79 Å². The summed E-state index contributed by atoms with van der Waals surface area (Å²) in [6.45, 7) is -0.284. The molecule has 0 aliphatic carbocycles. The highest BCUT2D eigenvalue weighted by Gasteiger charge is 2.28. The molecule has 1 aromatic carbocycles. The van der Waals surface area contributed by atoms with Crippen molar-refractivity contribution in [2.45, 2.75) is 12.5 Å². The van der Waals surface area contributed by atoms with Crippen LogP contribution in [0.5, 0.6) is 5.75 Å². The SMILES string of the molecule is O=C(COc1cc(Cl)c(Cl)cc1Cl)N[C@@H]1CCS(=O)(=O)C1. The van der Waals surface area contributed by atoms with Gasteiger partial charge in [0, 0.05) is 12.1 Å². The molecule has 9 heteroatoms. The molecule has 0 aromatic heterocycles. The molecule has 1 amide bonds. The zero-order valence-corrected chi connectivity index (χ0v) is 13.8. The van der Waals surface area contributed by atoms with Gasteiger partial charge in [-0.1, -0.05) is 34.8 Å². The Hall–Kier alpha value is -0.690. The Morgan fingerprint density at radius 2 is 1.90 bits per heavy atom. The number of carbonyl (C=O) groups excluding carboxylic acids is 1. The van der Waals surface area contributed by atoms with Crippen LogP contribution in [0.2, 0.25) is 15.1 Å². The first-order valence-electron chi connectivity index (χ1n) is 6.04. The van der Waals surface area contributed by atoms with Gasteiger partial charge in [0.1, 0.15) is 5.75 Å². The Morgan fingerprint density at radius 1 is 1.24 bits per heavy atom. The number of ether oxygens (including phenoxy) is 1. The average molecular weight is 373 g/mol. The molecule has 0 radical (unpaired) electrons. The van der Waals surface area contributed by atoms with Crippen LogP contribution in [-0.4, -0.2) is 38.5 Å². The molecule has 1 fully saturated rings. The van der Waals surface area contributed by atoms with Gasteiger partial charge < -0.3 is 10.1 Å². The molecule has 1 aromatic rings. The normalized spacial score (nSPS) is 20.2. The lowest BCUT2D eigenvalue weighted by molar-refractivity contribution is -0.123. The summed E-state index contributed by atoms with van der Waals surface area (Å²) >= 11 is 17.5. The van der Waals surface area contributed by atoms with Crippen LogP contribution in [-0.2, 0) is 14.6 Å². The fraction of sp³-hybridized carbons (Fsp3) is 0.417. The number of amides is 1. The van der Waals surface area contributed by atoms with Crippen molar-refractivity contribution in [1.29, 1.82) is 0 Å². The topological polar surface area (TPSA) is 72.5 Å². The van der Waals surface area contributed by atoms with Crippen molar-refractivity contribution >= 4 is 50.5 Å². The molecular formula is C12H12Cl3NO4S. The summed E-state index contributed by atoms with van der Waals surface area (Å²) in [5.41, 5.74) is 0. The quantitative estimate of drug-likeness (QED) is 0.823. The zero-order chi connectivity index (χ0) is 15.6. The van der Waals surface area contributed by atoms with Gasteiger partial charge in [0.15, 0.2) is 16.4 Å². The number of sulfone groups is 1. The highest BCUT2D eigenvalue weighted by Crippen LogP contribution is 2.33. The Balaban J connectivity index is 1.89. The number of rotatable bonds is 4. The Morgan fingerprint density at radius 3 is 2.52 bits per heavy atom. The summed E-state index contributed by atoms with van der Waals surface area (Å²) in [6.07, 6.45) is 0.418. The molecule has 0 spiro atoms. The third kappa shape index (κ3) is 4.64. The van der Waals surface area contributed by atoms with Gasteiger partial charge in [-0.15, -0.1) is 0 Å². The molecule has 1 saturated heterocycles. The predicted molar refractivity (Wildman–Crippen MR) is 82.2 cm³/mol. The van der Waals surface area contributed by atoms with E-state index in [2.05, 4.69) is 5.32 Å². The monoisotopic (exact) mass is 371 g/mol. The van der Waals surface area contributed by atoms with Gasteiger partial charge in [-0.05, 0) is 12.5 Å². The third-order valence-corrected chi connectivity index (χ3v) is 5.72. The molecule has 0 unspecified atom stereocenters. The Kier molecular flexibility index (Phi) is 5.24. The van der Waals surface area contributed by atoms with Crippen molar-refractivity contribution in [1.82, 2.24) is 5.32 Å². The van der Waals surface area contributed by atoms with Crippen LogP contribution >= 0.6 is 34.8 Å². The number of hydrogen-bond donors (Lipinski definition) is 1. The van der Waals surface area contributed by atoms with Crippen molar-refractivity contribution in [2.24, 2.45) is 0 Å². The fourth-order valence-corrected chi connectivity index (χ4v) is 4.20. The fourth-order valence-electron chi connectivity index (χ4n) is 1.94. The molecular weight excluding hydrogens is 361 g/mol. The molecule has 1 heterocycles. The molecule has 1 atom stereocenters. The molecule has 5 nitrogen and oxygen atoms in total. The maximum Gasteiger partial charge on any atom is 0.258 e. The smallest absolute Gasteiger partial charge is 0.258 e. The van der Waals surface area contributed by atoms with Crippen molar-refractivity contribution < 1.29 is 17.9 Å². The van der Waals surface area contributed by atoms with Gasteiger partial charge in [-0.2, -0.15) is 0 Å².